The second-order valence-corrected chi connectivity index (χ2v) is 6.23. The molecule has 27 heavy (non-hydrogen) atoms. The number of allylic oxidation sites excluding steroid dienone is 2. The van der Waals surface area contributed by atoms with Crippen LogP contribution >= 0.6 is 11.6 Å². The number of alkyl halides is 1. The molecule has 0 amide bonds. The van der Waals surface area contributed by atoms with E-state index in [9.17, 15) is 10.1 Å². The molecule has 1 unspecified atom stereocenters. The summed E-state index contributed by atoms with van der Waals surface area (Å²) in [5.41, 5.74) is 7.79. The zero-order valence-electron chi connectivity index (χ0n) is 15.7. The SMILES string of the molecule is CCCOc1ccc(C2C(C#N)=C(N)OC(C)=C2C(=O)OCC)cc1CCl. The van der Waals surface area contributed by atoms with Crippen molar-refractivity contribution >= 4 is 17.6 Å². The number of hydrogen-bond acceptors (Lipinski definition) is 6. The fourth-order valence-electron chi connectivity index (χ4n) is 2.92. The standard InChI is InChI=1S/C20H23ClN2O4/c1-4-8-26-16-7-6-13(9-14(16)10-21)18-15(11-22)19(23)27-12(3)17(18)20(24)25-5-2/h6-7,9,18H,4-5,8,10,23H2,1-3H3. The van der Waals surface area contributed by atoms with Crippen LogP contribution in [0.2, 0.25) is 0 Å². The number of esters is 1. The van der Waals surface area contributed by atoms with E-state index in [2.05, 4.69) is 6.07 Å². The Kier molecular flexibility index (Phi) is 7.14. The van der Waals surface area contributed by atoms with Gasteiger partial charge in [0.1, 0.15) is 23.2 Å². The first-order chi connectivity index (χ1) is 13.0. The lowest BCUT2D eigenvalue weighted by Crippen LogP contribution is -2.25. The van der Waals surface area contributed by atoms with Gasteiger partial charge in [0, 0.05) is 5.56 Å². The van der Waals surface area contributed by atoms with Crippen molar-refractivity contribution in [3.8, 4) is 11.8 Å². The highest BCUT2D eigenvalue weighted by molar-refractivity contribution is 6.17. The molecule has 0 fully saturated rings. The summed E-state index contributed by atoms with van der Waals surface area (Å²) in [4.78, 5) is 12.5. The molecule has 0 radical (unpaired) electrons. The lowest BCUT2D eigenvalue weighted by atomic mass is 9.82. The fraction of sp³-hybridized carbons (Fsp3) is 0.400. The van der Waals surface area contributed by atoms with E-state index in [1.54, 1.807) is 26.0 Å². The number of ether oxygens (including phenoxy) is 3. The van der Waals surface area contributed by atoms with Gasteiger partial charge in [0.2, 0.25) is 5.88 Å². The molecule has 0 saturated carbocycles. The smallest absolute Gasteiger partial charge is 0.338 e. The van der Waals surface area contributed by atoms with Crippen LogP contribution in [-0.2, 0) is 20.1 Å². The Labute approximate surface area is 164 Å². The van der Waals surface area contributed by atoms with Gasteiger partial charge >= 0.3 is 5.97 Å². The van der Waals surface area contributed by atoms with E-state index in [0.29, 0.717) is 23.7 Å². The lowest BCUT2D eigenvalue weighted by molar-refractivity contribution is -0.139. The van der Waals surface area contributed by atoms with Crippen LogP contribution in [0.5, 0.6) is 5.75 Å². The number of nitriles is 1. The molecule has 6 nitrogen and oxygen atoms in total. The molecule has 0 aromatic heterocycles. The molecular formula is C20H23ClN2O4. The Morgan fingerprint density at radius 2 is 2.15 bits per heavy atom. The Morgan fingerprint density at radius 1 is 1.41 bits per heavy atom. The molecule has 7 heteroatoms. The van der Waals surface area contributed by atoms with Crippen LogP contribution in [0.25, 0.3) is 0 Å². The Bertz CT molecular complexity index is 824. The molecule has 144 valence electrons. The molecule has 1 aliphatic rings. The van der Waals surface area contributed by atoms with E-state index in [0.717, 1.165) is 12.0 Å². The molecule has 1 heterocycles. The Morgan fingerprint density at radius 3 is 2.74 bits per heavy atom. The van der Waals surface area contributed by atoms with Gasteiger partial charge in [-0.3, -0.25) is 0 Å². The number of benzene rings is 1. The van der Waals surface area contributed by atoms with E-state index in [1.807, 2.05) is 13.0 Å². The van der Waals surface area contributed by atoms with Crippen molar-refractivity contribution in [2.45, 2.75) is 39.0 Å². The van der Waals surface area contributed by atoms with E-state index in [1.165, 1.54) is 0 Å². The van der Waals surface area contributed by atoms with E-state index >= 15 is 0 Å². The third-order valence-corrected chi connectivity index (χ3v) is 4.41. The van der Waals surface area contributed by atoms with Crippen molar-refractivity contribution in [2.75, 3.05) is 13.2 Å². The normalized spacial score (nSPS) is 16.6. The molecule has 1 aromatic carbocycles. The van der Waals surface area contributed by atoms with Gasteiger partial charge in [0.25, 0.3) is 0 Å². The van der Waals surface area contributed by atoms with E-state index in [4.69, 9.17) is 31.5 Å². The zero-order valence-corrected chi connectivity index (χ0v) is 16.4. The second kappa shape index (κ2) is 9.33. The van der Waals surface area contributed by atoms with Gasteiger partial charge in [-0.1, -0.05) is 13.0 Å². The molecule has 0 saturated heterocycles. The minimum absolute atomic E-state index is 0.0215. The van der Waals surface area contributed by atoms with Gasteiger partial charge in [0.05, 0.1) is 30.6 Å². The molecule has 1 aromatic rings. The number of carbonyl (C=O) groups is 1. The topological polar surface area (TPSA) is 94.6 Å². The highest BCUT2D eigenvalue weighted by Gasteiger charge is 2.36. The van der Waals surface area contributed by atoms with Gasteiger partial charge in [-0.05, 0) is 38.0 Å². The maximum absolute atomic E-state index is 12.5. The maximum Gasteiger partial charge on any atom is 0.338 e. The Balaban J connectivity index is 2.57. The first-order valence-electron chi connectivity index (χ1n) is 8.75. The van der Waals surface area contributed by atoms with Gasteiger partial charge in [-0.25, -0.2) is 4.79 Å². The van der Waals surface area contributed by atoms with Crippen LogP contribution in [0.15, 0.2) is 41.0 Å². The van der Waals surface area contributed by atoms with Gasteiger partial charge in [-0.15, -0.1) is 11.6 Å². The van der Waals surface area contributed by atoms with E-state index in [-0.39, 0.29) is 29.5 Å². The molecule has 0 aliphatic carbocycles. The van der Waals surface area contributed by atoms with Crippen LogP contribution < -0.4 is 10.5 Å². The van der Waals surface area contributed by atoms with Crippen LogP contribution in [0, 0.1) is 11.3 Å². The Hall–Kier alpha value is -2.65. The van der Waals surface area contributed by atoms with Gasteiger partial charge < -0.3 is 19.9 Å². The second-order valence-electron chi connectivity index (χ2n) is 5.96. The molecule has 1 atom stereocenters. The lowest BCUT2D eigenvalue weighted by Gasteiger charge is -2.27. The van der Waals surface area contributed by atoms with Gasteiger partial charge in [-0.2, -0.15) is 5.26 Å². The van der Waals surface area contributed by atoms with Gasteiger partial charge in [0.15, 0.2) is 0 Å². The van der Waals surface area contributed by atoms with Crippen molar-refractivity contribution in [1.82, 2.24) is 0 Å². The minimum Gasteiger partial charge on any atom is -0.493 e. The number of rotatable bonds is 7. The van der Waals surface area contributed by atoms with Crippen LogP contribution in [-0.4, -0.2) is 19.2 Å². The van der Waals surface area contributed by atoms with Crippen molar-refractivity contribution in [3.05, 3.63) is 52.1 Å². The summed E-state index contributed by atoms with van der Waals surface area (Å²) >= 11 is 6.09. The summed E-state index contributed by atoms with van der Waals surface area (Å²) in [6, 6.07) is 7.48. The number of hydrogen-bond donors (Lipinski definition) is 1. The first-order valence-corrected chi connectivity index (χ1v) is 9.28. The number of nitrogens with zero attached hydrogens (tertiary/aromatic N) is 1. The van der Waals surface area contributed by atoms with Crippen molar-refractivity contribution < 1.29 is 19.0 Å². The predicted octanol–water partition coefficient (Wildman–Crippen LogP) is 3.86. The summed E-state index contributed by atoms with van der Waals surface area (Å²) in [6.07, 6.45) is 0.871. The van der Waals surface area contributed by atoms with Crippen LogP contribution in [0.1, 0.15) is 44.2 Å². The summed E-state index contributed by atoms with van der Waals surface area (Å²) in [5.74, 6) is -0.0322. The largest absolute Gasteiger partial charge is 0.493 e. The number of carbonyl (C=O) groups excluding carboxylic acids is 1. The highest BCUT2D eigenvalue weighted by Crippen LogP contribution is 2.40. The van der Waals surface area contributed by atoms with Crippen molar-refractivity contribution in [2.24, 2.45) is 5.73 Å². The molecule has 0 bridgehead atoms. The average molecular weight is 391 g/mol. The monoisotopic (exact) mass is 390 g/mol. The summed E-state index contributed by atoms with van der Waals surface area (Å²) in [5, 5.41) is 9.61. The summed E-state index contributed by atoms with van der Waals surface area (Å²) in [7, 11) is 0. The van der Waals surface area contributed by atoms with Crippen molar-refractivity contribution in [3.63, 3.8) is 0 Å². The molecule has 0 spiro atoms. The summed E-state index contributed by atoms with van der Waals surface area (Å²) < 4.78 is 16.3. The number of nitrogens with two attached hydrogens (primary N) is 1. The van der Waals surface area contributed by atoms with E-state index < -0.39 is 11.9 Å². The minimum atomic E-state index is -0.690. The molecule has 2 rings (SSSR count). The summed E-state index contributed by atoms with van der Waals surface area (Å²) in [6.45, 7) is 6.14. The van der Waals surface area contributed by atoms with Crippen LogP contribution in [0.3, 0.4) is 0 Å². The molecule has 2 N–H and O–H groups in total. The average Bonchev–Trinajstić information content (AvgIpc) is 2.65. The first kappa shape index (κ1) is 20.7. The maximum atomic E-state index is 12.5. The molecular weight excluding hydrogens is 368 g/mol. The number of halogens is 1. The third-order valence-electron chi connectivity index (χ3n) is 4.12. The molecule has 1 aliphatic heterocycles. The fourth-order valence-corrected chi connectivity index (χ4v) is 3.13. The third kappa shape index (κ3) is 4.37. The zero-order chi connectivity index (χ0) is 20.0. The predicted molar refractivity (Wildman–Crippen MR) is 102 cm³/mol. The highest BCUT2D eigenvalue weighted by atomic mass is 35.5. The van der Waals surface area contributed by atoms with Crippen molar-refractivity contribution in [1.29, 1.82) is 5.26 Å². The van der Waals surface area contributed by atoms with Crippen LogP contribution in [0.4, 0.5) is 0 Å². The quantitative estimate of drug-likeness (QED) is 0.561.